The van der Waals surface area contributed by atoms with Crippen LogP contribution in [-0.4, -0.2) is 35.8 Å². The Labute approximate surface area is 139 Å². The predicted molar refractivity (Wildman–Crippen MR) is 89.5 cm³/mol. The Morgan fingerprint density at radius 1 is 1.27 bits per heavy atom. The Balaban J connectivity index is 0.00000242. The summed E-state index contributed by atoms with van der Waals surface area (Å²) in [6.45, 7) is 0. The van der Waals surface area contributed by atoms with Crippen molar-refractivity contribution >= 4 is 35.6 Å². The van der Waals surface area contributed by atoms with E-state index in [1.54, 1.807) is 19.0 Å². The molecule has 0 bridgehead atoms. The topological polar surface area (TPSA) is 76.3 Å². The molecule has 2 N–H and O–H groups in total. The standard InChI is InChI=1S/C15H17N3O2S.ClH/c1-18(2)15(20)11(8-10-6-4-3-5-7-10)14-17-9-12(21-14)13(16)19;/h3-7,9,11H,8H2,1-2H3,(H2,16,19);1H/t11-;/m1./s1. The van der Waals surface area contributed by atoms with Crippen LogP contribution in [0.25, 0.3) is 0 Å². The first-order chi connectivity index (χ1) is 9.99. The second-order valence-corrected chi connectivity index (χ2v) is 5.96. The molecule has 0 unspecified atom stereocenters. The number of hydrogen-bond acceptors (Lipinski definition) is 4. The van der Waals surface area contributed by atoms with Gasteiger partial charge >= 0.3 is 0 Å². The molecule has 1 atom stereocenters. The van der Waals surface area contributed by atoms with Crippen LogP contribution in [0, 0.1) is 0 Å². The number of halogens is 1. The molecule has 2 rings (SSSR count). The molecular formula is C15H18ClN3O2S. The summed E-state index contributed by atoms with van der Waals surface area (Å²) in [5.41, 5.74) is 6.30. The minimum atomic E-state index is -0.519. The molecule has 0 fully saturated rings. The molecule has 0 aliphatic carbocycles. The van der Waals surface area contributed by atoms with Gasteiger partial charge in [0.05, 0.1) is 12.1 Å². The highest BCUT2D eigenvalue weighted by atomic mass is 35.5. The quantitative estimate of drug-likeness (QED) is 0.906. The van der Waals surface area contributed by atoms with Crippen LogP contribution < -0.4 is 5.73 Å². The summed E-state index contributed by atoms with van der Waals surface area (Å²) in [6, 6.07) is 9.74. The molecule has 0 radical (unpaired) electrons. The maximum atomic E-state index is 12.4. The summed E-state index contributed by atoms with van der Waals surface area (Å²) in [5, 5.41) is 0.617. The molecule has 0 spiro atoms. The Bertz CT molecular complexity index is 643. The molecule has 7 heteroatoms. The number of nitrogens with zero attached hydrogens (tertiary/aromatic N) is 2. The van der Waals surface area contributed by atoms with Gasteiger partial charge in [-0.1, -0.05) is 30.3 Å². The van der Waals surface area contributed by atoms with Gasteiger partial charge in [-0.15, -0.1) is 23.7 Å². The van der Waals surface area contributed by atoms with Crippen molar-refractivity contribution in [3.63, 3.8) is 0 Å². The van der Waals surface area contributed by atoms with Crippen molar-refractivity contribution in [3.8, 4) is 0 Å². The second kappa shape index (κ2) is 7.91. The highest BCUT2D eigenvalue weighted by molar-refractivity contribution is 7.13. The van der Waals surface area contributed by atoms with Crippen molar-refractivity contribution in [1.29, 1.82) is 0 Å². The number of benzene rings is 1. The third-order valence-electron chi connectivity index (χ3n) is 3.09. The van der Waals surface area contributed by atoms with E-state index in [4.69, 9.17) is 5.73 Å². The first kappa shape index (κ1) is 18.1. The van der Waals surface area contributed by atoms with Gasteiger partial charge in [0, 0.05) is 14.1 Å². The zero-order chi connectivity index (χ0) is 15.4. The van der Waals surface area contributed by atoms with Crippen molar-refractivity contribution in [2.24, 2.45) is 5.73 Å². The van der Waals surface area contributed by atoms with Crippen molar-refractivity contribution in [2.75, 3.05) is 14.1 Å². The Hall–Kier alpha value is -1.92. The molecule has 1 heterocycles. The average molecular weight is 340 g/mol. The highest BCUT2D eigenvalue weighted by Crippen LogP contribution is 2.27. The van der Waals surface area contributed by atoms with Gasteiger partial charge in [-0.2, -0.15) is 0 Å². The summed E-state index contributed by atoms with van der Waals surface area (Å²) in [4.78, 5) is 29.7. The Morgan fingerprint density at radius 3 is 2.41 bits per heavy atom. The molecule has 1 aromatic carbocycles. The van der Waals surface area contributed by atoms with Crippen molar-refractivity contribution in [1.82, 2.24) is 9.88 Å². The SMILES string of the molecule is CN(C)C(=O)[C@H](Cc1ccccc1)c1ncc(C(N)=O)s1.Cl. The zero-order valence-corrected chi connectivity index (χ0v) is 14.0. The van der Waals surface area contributed by atoms with Crippen molar-refractivity contribution < 1.29 is 9.59 Å². The van der Waals surface area contributed by atoms with Crippen LogP contribution in [-0.2, 0) is 11.2 Å². The van der Waals surface area contributed by atoms with Gasteiger partial charge in [0.2, 0.25) is 5.91 Å². The van der Waals surface area contributed by atoms with Crippen LogP contribution in [0.2, 0.25) is 0 Å². The number of thiazole rings is 1. The van der Waals surface area contributed by atoms with E-state index in [-0.39, 0.29) is 18.3 Å². The van der Waals surface area contributed by atoms with Gasteiger partial charge in [-0.25, -0.2) is 4.98 Å². The van der Waals surface area contributed by atoms with Gasteiger partial charge in [-0.3, -0.25) is 9.59 Å². The van der Waals surface area contributed by atoms with Crippen LogP contribution in [0.5, 0.6) is 0 Å². The van der Waals surface area contributed by atoms with Crippen LogP contribution in [0.15, 0.2) is 36.5 Å². The summed E-state index contributed by atoms with van der Waals surface area (Å²) < 4.78 is 0. The van der Waals surface area contributed by atoms with Gasteiger partial charge in [0.15, 0.2) is 0 Å². The number of amides is 2. The Morgan fingerprint density at radius 2 is 1.91 bits per heavy atom. The predicted octanol–water partition coefficient (Wildman–Crippen LogP) is 2.08. The monoisotopic (exact) mass is 339 g/mol. The summed E-state index contributed by atoms with van der Waals surface area (Å²) >= 11 is 1.18. The van der Waals surface area contributed by atoms with E-state index in [9.17, 15) is 9.59 Å². The summed E-state index contributed by atoms with van der Waals surface area (Å²) in [5.74, 6) is -0.959. The van der Waals surface area contributed by atoms with Gasteiger partial charge < -0.3 is 10.6 Å². The van der Waals surface area contributed by atoms with Gasteiger partial charge in [0.25, 0.3) is 5.91 Å². The first-order valence-corrected chi connectivity index (χ1v) is 7.31. The molecule has 0 saturated carbocycles. The van der Waals surface area contributed by atoms with Crippen LogP contribution in [0.1, 0.15) is 26.2 Å². The lowest BCUT2D eigenvalue weighted by molar-refractivity contribution is -0.130. The third kappa shape index (κ3) is 4.29. The van der Waals surface area contributed by atoms with E-state index < -0.39 is 11.8 Å². The van der Waals surface area contributed by atoms with E-state index in [1.165, 1.54) is 17.5 Å². The molecule has 5 nitrogen and oxygen atoms in total. The van der Waals surface area contributed by atoms with E-state index in [0.29, 0.717) is 16.3 Å². The molecule has 2 amide bonds. The van der Waals surface area contributed by atoms with Crippen LogP contribution in [0.4, 0.5) is 0 Å². The van der Waals surface area contributed by atoms with Gasteiger partial charge in [-0.05, 0) is 12.0 Å². The lowest BCUT2D eigenvalue weighted by Crippen LogP contribution is -2.29. The van der Waals surface area contributed by atoms with Crippen LogP contribution in [0.3, 0.4) is 0 Å². The van der Waals surface area contributed by atoms with Crippen molar-refractivity contribution in [2.45, 2.75) is 12.3 Å². The number of rotatable bonds is 5. The fraction of sp³-hybridized carbons (Fsp3) is 0.267. The number of likely N-dealkylation sites (N-methyl/N-ethyl adjacent to an activating group) is 1. The number of nitrogens with two attached hydrogens (primary N) is 1. The number of carbonyl (C=O) groups excluding carboxylic acids is 2. The molecule has 0 saturated heterocycles. The largest absolute Gasteiger partial charge is 0.365 e. The number of primary amides is 1. The molecule has 22 heavy (non-hydrogen) atoms. The summed E-state index contributed by atoms with van der Waals surface area (Å²) in [7, 11) is 3.42. The van der Waals surface area contributed by atoms with Crippen molar-refractivity contribution in [3.05, 3.63) is 52.0 Å². The van der Waals surface area contributed by atoms with E-state index in [1.807, 2.05) is 30.3 Å². The fourth-order valence-corrected chi connectivity index (χ4v) is 2.87. The summed E-state index contributed by atoms with van der Waals surface area (Å²) in [6.07, 6.45) is 1.98. The fourth-order valence-electron chi connectivity index (χ4n) is 2.00. The average Bonchev–Trinajstić information content (AvgIpc) is 2.95. The second-order valence-electron chi connectivity index (χ2n) is 4.90. The number of hydrogen-bond donors (Lipinski definition) is 1. The number of aromatic nitrogens is 1. The minimum Gasteiger partial charge on any atom is -0.365 e. The highest BCUT2D eigenvalue weighted by Gasteiger charge is 2.26. The van der Waals surface area contributed by atoms with E-state index in [2.05, 4.69) is 4.98 Å². The first-order valence-electron chi connectivity index (χ1n) is 6.49. The molecule has 0 aliphatic heterocycles. The van der Waals surface area contributed by atoms with Gasteiger partial charge in [0.1, 0.15) is 9.88 Å². The molecule has 118 valence electrons. The molecule has 2 aromatic rings. The van der Waals surface area contributed by atoms with E-state index in [0.717, 1.165) is 5.56 Å². The molecule has 0 aliphatic rings. The van der Waals surface area contributed by atoms with Crippen LogP contribution >= 0.6 is 23.7 Å². The maximum absolute atomic E-state index is 12.4. The Kier molecular flexibility index (Phi) is 6.52. The smallest absolute Gasteiger partial charge is 0.260 e. The zero-order valence-electron chi connectivity index (χ0n) is 12.4. The third-order valence-corrected chi connectivity index (χ3v) is 4.21. The number of carbonyl (C=O) groups is 2. The molecular weight excluding hydrogens is 322 g/mol. The lowest BCUT2D eigenvalue weighted by atomic mass is 9.98. The van der Waals surface area contributed by atoms with E-state index >= 15 is 0 Å². The lowest BCUT2D eigenvalue weighted by Gasteiger charge is -2.18. The normalized spacial score (nSPS) is 11.4. The maximum Gasteiger partial charge on any atom is 0.260 e. The minimum absolute atomic E-state index is 0. The molecule has 1 aromatic heterocycles.